The highest BCUT2D eigenvalue weighted by Gasteiger charge is 2.51. The van der Waals surface area contributed by atoms with E-state index in [1.54, 1.807) is 0 Å². The highest BCUT2D eigenvalue weighted by molar-refractivity contribution is 6.07. The van der Waals surface area contributed by atoms with Gasteiger partial charge in [-0.15, -0.1) is 0 Å². The lowest BCUT2D eigenvalue weighted by molar-refractivity contribution is -0.133. The molecule has 19 heavy (non-hydrogen) atoms. The molecule has 2 saturated heterocycles. The smallest absolute Gasteiger partial charge is 0.325 e. The number of hydrogen-bond acceptors (Lipinski definition) is 5. The summed E-state index contributed by atoms with van der Waals surface area (Å²) in [5.41, 5.74) is -0.776. The van der Waals surface area contributed by atoms with Gasteiger partial charge in [-0.25, -0.2) is 4.79 Å². The number of aliphatic hydroxyl groups is 2. The number of likely N-dealkylation sites (tertiary alicyclic amines) is 1. The Hall–Kier alpha value is -1.18. The van der Waals surface area contributed by atoms with Crippen LogP contribution in [-0.2, 0) is 4.79 Å². The first-order valence-corrected chi connectivity index (χ1v) is 6.71. The van der Waals surface area contributed by atoms with Crippen molar-refractivity contribution in [1.29, 1.82) is 0 Å². The molecule has 0 radical (unpaired) electrons. The van der Waals surface area contributed by atoms with Gasteiger partial charge in [0.15, 0.2) is 0 Å². The van der Waals surface area contributed by atoms with Gasteiger partial charge in [0.1, 0.15) is 5.54 Å². The van der Waals surface area contributed by atoms with Gasteiger partial charge in [0, 0.05) is 26.2 Å². The van der Waals surface area contributed by atoms with Crippen molar-refractivity contribution in [3.05, 3.63) is 0 Å². The third-order valence-corrected chi connectivity index (χ3v) is 3.91. The average molecular weight is 271 g/mol. The number of rotatable bonds is 5. The van der Waals surface area contributed by atoms with Crippen molar-refractivity contribution in [3.8, 4) is 0 Å². The largest absolute Gasteiger partial charge is 0.396 e. The number of urea groups is 1. The summed E-state index contributed by atoms with van der Waals surface area (Å²) in [6.07, 6.45) is 1.90. The molecule has 2 heterocycles. The fourth-order valence-corrected chi connectivity index (χ4v) is 2.77. The Morgan fingerprint density at radius 1 is 1.11 bits per heavy atom. The summed E-state index contributed by atoms with van der Waals surface area (Å²) < 4.78 is 0. The van der Waals surface area contributed by atoms with E-state index in [-0.39, 0.29) is 25.7 Å². The zero-order chi connectivity index (χ0) is 13.9. The summed E-state index contributed by atoms with van der Waals surface area (Å²) in [5, 5.41) is 20.5. The molecule has 3 amide bonds. The summed E-state index contributed by atoms with van der Waals surface area (Å²) in [4.78, 5) is 27.3. The Morgan fingerprint density at radius 3 is 2.37 bits per heavy atom. The van der Waals surface area contributed by atoms with Gasteiger partial charge in [0.25, 0.3) is 5.91 Å². The maximum atomic E-state index is 12.3. The standard InChI is InChI=1S/C12H21N3O4/c16-8-1-4-14-5-2-12(3-6-14)10(18)15(7-9-17)11(19)13-12/h16-17H,1-9H2,(H,13,19). The molecular weight excluding hydrogens is 250 g/mol. The van der Waals surface area contributed by atoms with Gasteiger partial charge in [0.05, 0.1) is 13.2 Å². The van der Waals surface area contributed by atoms with E-state index in [1.165, 1.54) is 0 Å². The van der Waals surface area contributed by atoms with Crippen molar-refractivity contribution in [1.82, 2.24) is 15.1 Å². The van der Waals surface area contributed by atoms with Crippen molar-refractivity contribution in [3.63, 3.8) is 0 Å². The van der Waals surface area contributed by atoms with E-state index in [2.05, 4.69) is 10.2 Å². The molecule has 2 fully saturated rings. The number of imide groups is 1. The van der Waals surface area contributed by atoms with Crippen LogP contribution >= 0.6 is 0 Å². The van der Waals surface area contributed by atoms with Crippen LogP contribution in [0.3, 0.4) is 0 Å². The monoisotopic (exact) mass is 271 g/mol. The van der Waals surface area contributed by atoms with Crippen LogP contribution in [0.5, 0.6) is 0 Å². The molecule has 0 aliphatic carbocycles. The Kier molecular flexibility index (Phi) is 4.38. The predicted octanol–water partition coefficient (Wildman–Crippen LogP) is -1.25. The molecule has 3 N–H and O–H groups in total. The van der Waals surface area contributed by atoms with Gasteiger partial charge in [-0.05, 0) is 19.3 Å². The fraction of sp³-hybridized carbons (Fsp3) is 0.833. The van der Waals surface area contributed by atoms with Crippen molar-refractivity contribution in [2.75, 3.05) is 39.4 Å². The number of nitrogens with zero attached hydrogens (tertiary/aromatic N) is 2. The van der Waals surface area contributed by atoms with Crippen LogP contribution in [0.2, 0.25) is 0 Å². The number of piperidine rings is 1. The Balaban J connectivity index is 1.95. The van der Waals surface area contributed by atoms with Crippen LogP contribution in [0, 0.1) is 0 Å². The molecule has 0 saturated carbocycles. The first-order chi connectivity index (χ1) is 9.13. The quantitative estimate of drug-likeness (QED) is 0.543. The summed E-state index contributed by atoms with van der Waals surface area (Å²) in [7, 11) is 0. The first-order valence-electron chi connectivity index (χ1n) is 6.71. The van der Waals surface area contributed by atoms with Crippen molar-refractivity contribution in [2.45, 2.75) is 24.8 Å². The summed E-state index contributed by atoms with van der Waals surface area (Å²) >= 11 is 0. The molecule has 7 nitrogen and oxygen atoms in total. The van der Waals surface area contributed by atoms with Crippen LogP contribution < -0.4 is 5.32 Å². The van der Waals surface area contributed by atoms with Crippen LogP contribution in [0.15, 0.2) is 0 Å². The second kappa shape index (κ2) is 5.85. The zero-order valence-electron chi connectivity index (χ0n) is 11.0. The normalized spacial score (nSPS) is 23.2. The SMILES string of the molecule is O=C1NC2(CCN(CCCO)CC2)C(=O)N1CCO. The van der Waals surface area contributed by atoms with E-state index in [4.69, 9.17) is 10.2 Å². The molecule has 2 aliphatic rings. The number of carbonyl (C=O) groups excluding carboxylic acids is 2. The number of amides is 3. The minimum absolute atomic E-state index is 0.0562. The molecule has 0 unspecified atom stereocenters. The minimum Gasteiger partial charge on any atom is -0.396 e. The summed E-state index contributed by atoms with van der Waals surface area (Å²) in [5.74, 6) is -0.214. The third-order valence-electron chi connectivity index (χ3n) is 3.91. The molecule has 0 atom stereocenters. The lowest BCUT2D eigenvalue weighted by atomic mass is 9.87. The maximum absolute atomic E-state index is 12.3. The van der Waals surface area contributed by atoms with Gasteiger partial charge in [-0.2, -0.15) is 0 Å². The molecule has 1 spiro atoms. The summed E-state index contributed by atoms with van der Waals surface area (Å²) in [6, 6.07) is -0.400. The summed E-state index contributed by atoms with van der Waals surface area (Å²) in [6.45, 7) is 2.30. The van der Waals surface area contributed by atoms with E-state index in [9.17, 15) is 9.59 Å². The minimum atomic E-state index is -0.776. The molecule has 2 aliphatic heterocycles. The second-order valence-corrected chi connectivity index (χ2v) is 5.11. The van der Waals surface area contributed by atoms with Gasteiger partial charge < -0.3 is 20.4 Å². The first kappa shape index (κ1) is 14.2. The molecule has 0 aromatic rings. The van der Waals surface area contributed by atoms with Gasteiger partial charge >= 0.3 is 6.03 Å². The Bertz CT molecular complexity index is 353. The number of β-amino-alcohol motifs (C(OH)–C–C–N with tert-alkyl or cyclic N) is 1. The lowest BCUT2D eigenvalue weighted by Crippen LogP contribution is -2.55. The van der Waals surface area contributed by atoms with E-state index >= 15 is 0 Å². The number of aliphatic hydroxyl groups excluding tert-OH is 2. The molecule has 7 heteroatoms. The van der Waals surface area contributed by atoms with Crippen molar-refractivity contribution in [2.24, 2.45) is 0 Å². The molecular formula is C12H21N3O4. The van der Waals surface area contributed by atoms with Crippen LogP contribution in [0.25, 0.3) is 0 Å². The number of carbonyl (C=O) groups is 2. The highest BCUT2D eigenvalue weighted by atomic mass is 16.3. The van der Waals surface area contributed by atoms with E-state index < -0.39 is 11.6 Å². The van der Waals surface area contributed by atoms with Gasteiger partial charge in [-0.1, -0.05) is 0 Å². The maximum Gasteiger partial charge on any atom is 0.325 e. The van der Waals surface area contributed by atoms with E-state index in [0.29, 0.717) is 12.8 Å². The Morgan fingerprint density at radius 2 is 1.79 bits per heavy atom. The zero-order valence-corrected chi connectivity index (χ0v) is 11.0. The van der Waals surface area contributed by atoms with E-state index in [0.717, 1.165) is 31.0 Å². The highest BCUT2D eigenvalue weighted by Crippen LogP contribution is 2.29. The predicted molar refractivity (Wildman–Crippen MR) is 67.4 cm³/mol. The van der Waals surface area contributed by atoms with Crippen LogP contribution in [0.4, 0.5) is 4.79 Å². The third kappa shape index (κ3) is 2.72. The number of hydrogen-bond donors (Lipinski definition) is 3. The number of nitrogens with one attached hydrogen (secondary N) is 1. The van der Waals surface area contributed by atoms with Gasteiger partial charge in [0.2, 0.25) is 0 Å². The molecule has 0 aromatic carbocycles. The van der Waals surface area contributed by atoms with Crippen LogP contribution in [0.1, 0.15) is 19.3 Å². The molecule has 0 bridgehead atoms. The van der Waals surface area contributed by atoms with E-state index in [1.807, 2.05) is 0 Å². The molecule has 0 aromatic heterocycles. The Labute approximate surface area is 112 Å². The topological polar surface area (TPSA) is 93.1 Å². The average Bonchev–Trinajstić information content (AvgIpc) is 2.63. The second-order valence-electron chi connectivity index (χ2n) is 5.11. The van der Waals surface area contributed by atoms with Gasteiger partial charge in [-0.3, -0.25) is 9.69 Å². The fourth-order valence-electron chi connectivity index (χ4n) is 2.77. The molecule has 2 rings (SSSR count). The molecule has 108 valence electrons. The lowest BCUT2D eigenvalue weighted by Gasteiger charge is -2.37. The van der Waals surface area contributed by atoms with Crippen molar-refractivity contribution >= 4 is 11.9 Å². The van der Waals surface area contributed by atoms with Crippen LogP contribution in [-0.4, -0.2) is 76.9 Å². The van der Waals surface area contributed by atoms with Crippen molar-refractivity contribution < 1.29 is 19.8 Å².